The van der Waals surface area contributed by atoms with E-state index in [1.165, 1.54) is 5.56 Å². The van der Waals surface area contributed by atoms with E-state index in [1.807, 2.05) is 62.4 Å². The second kappa shape index (κ2) is 13.1. The number of benzene rings is 2. The van der Waals surface area contributed by atoms with Crippen LogP contribution in [0, 0.1) is 0 Å². The van der Waals surface area contributed by atoms with Crippen LogP contribution < -0.4 is 15.4 Å². The van der Waals surface area contributed by atoms with Crippen LogP contribution >= 0.6 is 35.6 Å². The fourth-order valence-electron chi connectivity index (χ4n) is 2.85. The molecule has 0 aliphatic heterocycles. The van der Waals surface area contributed by atoms with Gasteiger partial charge in [0.25, 0.3) is 0 Å². The Hall–Kier alpha value is -1.36. The fraction of sp³-hybridized carbons (Fsp3) is 0.381. The molecule has 0 saturated carbocycles. The maximum Gasteiger partial charge on any atom is 0.216 e. The van der Waals surface area contributed by atoms with Crippen molar-refractivity contribution >= 4 is 51.6 Å². The lowest BCUT2D eigenvalue weighted by Crippen LogP contribution is -2.38. The summed E-state index contributed by atoms with van der Waals surface area (Å²) in [6.07, 6.45) is 0.841. The molecule has 3 N–H and O–H groups in total. The van der Waals surface area contributed by atoms with E-state index in [0.29, 0.717) is 12.5 Å². The van der Waals surface area contributed by atoms with Gasteiger partial charge in [-0.2, -0.15) is 0 Å². The predicted molar refractivity (Wildman–Crippen MR) is 136 cm³/mol. The summed E-state index contributed by atoms with van der Waals surface area (Å²) in [7, 11) is -1.67. The number of rotatable bonds is 9. The van der Waals surface area contributed by atoms with Gasteiger partial charge >= 0.3 is 0 Å². The van der Waals surface area contributed by atoms with E-state index in [9.17, 15) is 8.42 Å². The second-order valence-electron chi connectivity index (χ2n) is 7.03. The summed E-state index contributed by atoms with van der Waals surface area (Å²) < 4.78 is 27.2. The van der Waals surface area contributed by atoms with Crippen LogP contribution in [0.25, 0.3) is 0 Å². The highest BCUT2D eigenvalue weighted by Crippen LogP contribution is 2.13. The van der Waals surface area contributed by atoms with Crippen molar-refractivity contribution in [2.75, 3.05) is 13.6 Å². The lowest BCUT2D eigenvalue weighted by Gasteiger charge is -2.15. The number of hydrogen-bond donors (Lipinski definition) is 3. The van der Waals surface area contributed by atoms with Crippen LogP contribution in [0.15, 0.2) is 53.5 Å². The molecule has 9 heteroatoms. The van der Waals surface area contributed by atoms with Gasteiger partial charge in [-0.1, -0.05) is 48.0 Å². The molecule has 2 aromatic rings. The molecule has 0 bridgehead atoms. The molecule has 0 aromatic heterocycles. The van der Waals surface area contributed by atoms with Crippen molar-refractivity contribution in [3.63, 3.8) is 0 Å². The molecule has 0 saturated heterocycles. The zero-order chi connectivity index (χ0) is 21.3. The molecule has 0 aliphatic carbocycles. The van der Waals surface area contributed by atoms with Gasteiger partial charge in [-0.15, -0.1) is 24.0 Å². The van der Waals surface area contributed by atoms with Gasteiger partial charge in [-0.05, 0) is 49.1 Å². The first-order valence-electron chi connectivity index (χ1n) is 9.55. The minimum atomic E-state index is -3.38. The van der Waals surface area contributed by atoms with Crippen molar-refractivity contribution in [1.29, 1.82) is 0 Å². The van der Waals surface area contributed by atoms with E-state index in [0.717, 1.165) is 29.1 Å². The van der Waals surface area contributed by atoms with Crippen molar-refractivity contribution < 1.29 is 8.42 Å². The molecule has 0 radical (unpaired) electrons. The lowest BCUT2D eigenvalue weighted by atomic mass is 10.1. The molecule has 166 valence electrons. The minimum Gasteiger partial charge on any atom is -0.356 e. The maximum absolute atomic E-state index is 12.3. The quantitative estimate of drug-likeness (QED) is 0.247. The van der Waals surface area contributed by atoms with E-state index >= 15 is 0 Å². The molecule has 2 aromatic carbocycles. The van der Waals surface area contributed by atoms with Crippen LogP contribution in [0.4, 0.5) is 0 Å². The molecular weight excluding hydrogens is 535 g/mol. The normalized spacial score (nSPS) is 11.8. The van der Waals surface area contributed by atoms with Gasteiger partial charge < -0.3 is 10.6 Å². The van der Waals surface area contributed by atoms with Crippen molar-refractivity contribution in [3.05, 3.63) is 70.2 Å². The number of nitrogens with one attached hydrogen (secondary N) is 3. The Balaban J connectivity index is 0.00000450. The molecule has 0 atom stereocenters. The Labute approximate surface area is 202 Å². The third-order valence-electron chi connectivity index (χ3n) is 4.17. The predicted octanol–water partition coefficient (Wildman–Crippen LogP) is 3.69. The number of halogens is 2. The number of guanidine groups is 1. The summed E-state index contributed by atoms with van der Waals surface area (Å²) in [5.41, 5.74) is 2.87. The average molecular weight is 565 g/mol. The molecule has 0 unspecified atom stereocenters. The van der Waals surface area contributed by atoms with Crippen molar-refractivity contribution in [3.8, 4) is 0 Å². The van der Waals surface area contributed by atoms with Crippen LogP contribution in [-0.2, 0) is 28.7 Å². The summed E-state index contributed by atoms with van der Waals surface area (Å²) in [4.78, 5) is 4.23. The number of hydrogen-bond acceptors (Lipinski definition) is 3. The maximum atomic E-state index is 12.3. The largest absolute Gasteiger partial charge is 0.356 e. The third kappa shape index (κ3) is 9.63. The van der Waals surface area contributed by atoms with Crippen LogP contribution in [0.5, 0.6) is 0 Å². The first kappa shape index (κ1) is 26.7. The zero-order valence-electron chi connectivity index (χ0n) is 17.5. The lowest BCUT2D eigenvalue weighted by molar-refractivity contribution is 0.568. The smallest absolute Gasteiger partial charge is 0.216 e. The van der Waals surface area contributed by atoms with E-state index in [2.05, 4.69) is 20.3 Å². The van der Waals surface area contributed by atoms with Gasteiger partial charge in [0.05, 0.1) is 5.75 Å². The molecule has 0 spiro atoms. The van der Waals surface area contributed by atoms with Gasteiger partial charge in [0.2, 0.25) is 10.0 Å². The second-order valence-corrected chi connectivity index (χ2v) is 9.22. The molecule has 0 amide bonds. The average Bonchev–Trinajstić information content (AvgIpc) is 2.65. The van der Waals surface area contributed by atoms with E-state index in [-0.39, 0.29) is 35.8 Å². The van der Waals surface area contributed by atoms with Gasteiger partial charge in [-0.25, -0.2) is 13.1 Å². The summed E-state index contributed by atoms with van der Waals surface area (Å²) in [5.74, 6) is 0.614. The Morgan fingerprint density at radius 1 is 1.03 bits per heavy atom. The summed E-state index contributed by atoms with van der Waals surface area (Å²) in [6, 6.07) is 15.1. The Morgan fingerprint density at radius 3 is 2.27 bits per heavy atom. The molecule has 2 rings (SSSR count). The van der Waals surface area contributed by atoms with Crippen molar-refractivity contribution in [2.24, 2.45) is 4.99 Å². The van der Waals surface area contributed by atoms with Crippen LogP contribution in [0.3, 0.4) is 0 Å². The van der Waals surface area contributed by atoms with Gasteiger partial charge in [0, 0.05) is 31.2 Å². The van der Waals surface area contributed by atoms with E-state index in [4.69, 9.17) is 11.6 Å². The Kier molecular flexibility index (Phi) is 11.7. The topological polar surface area (TPSA) is 82.6 Å². The van der Waals surface area contributed by atoms with Gasteiger partial charge in [-0.3, -0.25) is 4.99 Å². The Morgan fingerprint density at radius 2 is 1.67 bits per heavy atom. The number of sulfonamides is 1. The highest BCUT2D eigenvalue weighted by atomic mass is 127. The molecule has 0 aliphatic rings. The number of nitrogens with zero attached hydrogens (tertiary/aromatic N) is 1. The SMILES string of the molecule is CN=C(NCCc1ccc(Cl)cc1)NCc1ccccc1CS(=O)(=O)NC(C)C.I. The van der Waals surface area contributed by atoms with Crippen molar-refractivity contribution in [2.45, 2.75) is 38.6 Å². The monoisotopic (exact) mass is 564 g/mol. The number of aliphatic imine (C=N–C) groups is 1. The van der Waals surface area contributed by atoms with Crippen LogP contribution in [0.2, 0.25) is 5.02 Å². The molecule has 6 nitrogen and oxygen atoms in total. The van der Waals surface area contributed by atoms with Gasteiger partial charge in [0.1, 0.15) is 0 Å². The summed E-state index contributed by atoms with van der Waals surface area (Å²) in [6.45, 7) is 4.82. The van der Waals surface area contributed by atoms with E-state index < -0.39 is 10.0 Å². The first-order valence-corrected chi connectivity index (χ1v) is 11.6. The third-order valence-corrected chi connectivity index (χ3v) is 5.94. The first-order chi connectivity index (χ1) is 13.8. The molecule has 0 fully saturated rings. The zero-order valence-corrected chi connectivity index (χ0v) is 21.4. The van der Waals surface area contributed by atoms with Crippen molar-refractivity contribution in [1.82, 2.24) is 15.4 Å². The molecule has 30 heavy (non-hydrogen) atoms. The summed E-state index contributed by atoms with van der Waals surface area (Å²) in [5, 5.41) is 7.25. The van der Waals surface area contributed by atoms with E-state index in [1.54, 1.807) is 7.05 Å². The summed E-state index contributed by atoms with van der Waals surface area (Å²) >= 11 is 5.91. The fourth-order valence-corrected chi connectivity index (χ4v) is 4.47. The highest BCUT2D eigenvalue weighted by molar-refractivity contribution is 14.0. The molecular formula is C21H30ClIN4O2S. The highest BCUT2D eigenvalue weighted by Gasteiger charge is 2.15. The van der Waals surface area contributed by atoms with Crippen LogP contribution in [0.1, 0.15) is 30.5 Å². The molecule has 0 heterocycles. The standard InChI is InChI=1S/C21H29ClN4O2S.HI/c1-16(2)26-29(27,28)15-19-7-5-4-6-18(19)14-25-21(23-3)24-13-12-17-8-10-20(22)11-9-17;/h4-11,16,26H,12-15H2,1-3H3,(H2,23,24,25);1H. The minimum absolute atomic E-state index is 0. The van der Waals surface area contributed by atoms with Crippen LogP contribution in [-0.4, -0.2) is 34.0 Å². The Bertz CT molecular complexity index is 919. The van der Waals surface area contributed by atoms with Gasteiger partial charge in [0.15, 0.2) is 5.96 Å².